The maximum absolute atomic E-state index is 11.3. The first-order valence-corrected chi connectivity index (χ1v) is 5.78. The van der Waals surface area contributed by atoms with E-state index in [-0.39, 0.29) is 12.2 Å². The molecule has 0 aliphatic rings. The van der Waals surface area contributed by atoms with E-state index in [1.165, 1.54) is 13.2 Å². The zero-order chi connectivity index (χ0) is 13.8. The molecule has 2 rings (SSSR count). The van der Waals surface area contributed by atoms with Gasteiger partial charge in [0.25, 0.3) is 0 Å². The van der Waals surface area contributed by atoms with E-state index in [1.54, 1.807) is 36.4 Å². The standard InChI is InChI=1S/C15H14O4/c1-19-13-8-4-7-12(15(17)18)14(13)11-6-3-2-5-10(11)9-16/h2-8,16H,9H2,1H3,(H,17,18). The van der Waals surface area contributed by atoms with Gasteiger partial charge in [-0.3, -0.25) is 0 Å². The van der Waals surface area contributed by atoms with Crippen molar-refractivity contribution in [2.75, 3.05) is 7.11 Å². The van der Waals surface area contributed by atoms with Crippen LogP contribution in [0.25, 0.3) is 11.1 Å². The minimum absolute atomic E-state index is 0.153. The van der Waals surface area contributed by atoms with E-state index < -0.39 is 5.97 Å². The van der Waals surface area contributed by atoms with Gasteiger partial charge in [0.1, 0.15) is 5.75 Å². The molecule has 0 saturated heterocycles. The van der Waals surface area contributed by atoms with Crippen molar-refractivity contribution in [1.29, 1.82) is 0 Å². The summed E-state index contributed by atoms with van der Waals surface area (Å²) in [7, 11) is 1.49. The van der Waals surface area contributed by atoms with Crippen LogP contribution in [0.15, 0.2) is 42.5 Å². The van der Waals surface area contributed by atoms with Gasteiger partial charge in [-0.25, -0.2) is 4.79 Å². The summed E-state index contributed by atoms with van der Waals surface area (Å²) in [4.78, 5) is 11.3. The first-order valence-electron chi connectivity index (χ1n) is 5.78. The van der Waals surface area contributed by atoms with E-state index in [1.807, 2.05) is 0 Å². The average Bonchev–Trinajstić information content (AvgIpc) is 2.46. The number of aliphatic hydroxyl groups is 1. The molecule has 0 radical (unpaired) electrons. The van der Waals surface area contributed by atoms with Crippen LogP contribution in [0, 0.1) is 0 Å². The number of carbonyl (C=O) groups is 1. The molecule has 0 fully saturated rings. The first kappa shape index (κ1) is 13.1. The Balaban J connectivity index is 2.76. The number of aliphatic hydroxyl groups excluding tert-OH is 1. The molecule has 0 aliphatic heterocycles. The smallest absolute Gasteiger partial charge is 0.336 e. The van der Waals surface area contributed by atoms with Crippen LogP contribution in [0.2, 0.25) is 0 Å². The lowest BCUT2D eigenvalue weighted by molar-refractivity contribution is 0.0697. The highest BCUT2D eigenvalue weighted by Gasteiger charge is 2.18. The highest BCUT2D eigenvalue weighted by molar-refractivity contribution is 5.98. The second-order valence-electron chi connectivity index (χ2n) is 4.00. The third-order valence-electron chi connectivity index (χ3n) is 2.93. The number of carboxylic acids is 1. The quantitative estimate of drug-likeness (QED) is 0.884. The van der Waals surface area contributed by atoms with Crippen LogP contribution in [-0.2, 0) is 6.61 Å². The molecular weight excluding hydrogens is 244 g/mol. The summed E-state index contributed by atoms with van der Waals surface area (Å²) in [6, 6.07) is 12.0. The Hall–Kier alpha value is -2.33. The first-order chi connectivity index (χ1) is 9.19. The molecule has 2 N–H and O–H groups in total. The van der Waals surface area contributed by atoms with Gasteiger partial charge in [-0.2, -0.15) is 0 Å². The summed E-state index contributed by atoms with van der Waals surface area (Å²) in [5.41, 5.74) is 1.97. The fourth-order valence-corrected chi connectivity index (χ4v) is 2.06. The average molecular weight is 258 g/mol. The molecule has 0 bridgehead atoms. The van der Waals surface area contributed by atoms with Crippen LogP contribution in [-0.4, -0.2) is 23.3 Å². The van der Waals surface area contributed by atoms with Crippen molar-refractivity contribution in [3.05, 3.63) is 53.6 Å². The molecule has 2 aromatic rings. The number of benzene rings is 2. The number of aromatic carboxylic acids is 1. The van der Waals surface area contributed by atoms with Gasteiger partial charge in [-0.1, -0.05) is 30.3 Å². The maximum atomic E-state index is 11.3. The van der Waals surface area contributed by atoms with Crippen LogP contribution in [0.3, 0.4) is 0 Å². The third-order valence-corrected chi connectivity index (χ3v) is 2.93. The summed E-state index contributed by atoms with van der Waals surface area (Å²) in [6.07, 6.45) is 0. The highest BCUT2D eigenvalue weighted by Crippen LogP contribution is 2.35. The number of hydrogen-bond acceptors (Lipinski definition) is 3. The molecule has 4 nitrogen and oxygen atoms in total. The lowest BCUT2D eigenvalue weighted by Crippen LogP contribution is -2.03. The summed E-state index contributed by atoms with van der Waals surface area (Å²) in [5.74, 6) is -0.553. The molecule has 0 atom stereocenters. The van der Waals surface area contributed by atoms with Gasteiger partial charge in [0, 0.05) is 5.56 Å². The number of methoxy groups -OCH3 is 1. The van der Waals surface area contributed by atoms with Gasteiger partial charge in [0.2, 0.25) is 0 Å². The van der Waals surface area contributed by atoms with Crippen molar-refractivity contribution in [2.45, 2.75) is 6.61 Å². The monoisotopic (exact) mass is 258 g/mol. The van der Waals surface area contributed by atoms with Crippen molar-refractivity contribution in [2.24, 2.45) is 0 Å². The molecule has 0 heterocycles. The molecule has 0 spiro atoms. The van der Waals surface area contributed by atoms with Crippen LogP contribution in [0.5, 0.6) is 5.75 Å². The number of hydrogen-bond donors (Lipinski definition) is 2. The normalized spacial score (nSPS) is 10.2. The Labute approximate surface area is 110 Å². The fraction of sp³-hybridized carbons (Fsp3) is 0.133. The van der Waals surface area contributed by atoms with Gasteiger partial charge in [0.15, 0.2) is 0 Å². The zero-order valence-corrected chi connectivity index (χ0v) is 10.5. The molecule has 0 amide bonds. The Kier molecular flexibility index (Phi) is 3.82. The summed E-state index contributed by atoms with van der Waals surface area (Å²) >= 11 is 0. The van der Waals surface area contributed by atoms with E-state index in [4.69, 9.17) is 4.74 Å². The molecular formula is C15H14O4. The Morgan fingerprint density at radius 1 is 1.16 bits per heavy atom. The van der Waals surface area contributed by atoms with Crippen molar-refractivity contribution >= 4 is 5.97 Å². The van der Waals surface area contributed by atoms with Crippen molar-refractivity contribution in [1.82, 2.24) is 0 Å². The Morgan fingerprint density at radius 2 is 1.89 bits per heavy atom. The SMILES string of the molecule is COc1cccc(C(=O)O)c1-c1ccccc1CO. The zero-order valence-electron chi connectivity index (χ0n) is 10.5. The van der Waals surface area contributed by atoms with Crippen molar-refractivity contribution < 1.29 is 19.7 Å². The third kappa shape index (κ3) is 2.44. The van der Waals surface area contributed by atoms with Crippen LogP contribution in [0.4, 0.5) is 0 Å². The van der Waals surface area contributed by atoms with Crippen LogP contribution in [0.1, 0.15) is 15.9 Å². The molecule has 0 unspecified atom stereocenters. The van der Waals surface area contributed by atoms with E-state index in [0.717, 1.165) is 0 Å². The van der Waals surface area contributed by atoms with E-state index in [2.05, 4.69) is 0 Å². The lowest BCUT2D eigenvalue weighted by Gasteiger charge is -2.14. The molecule has 98 valence electrons. The fourth-order valence-electron chi connectivity index (χ4n) is 2.06. The van der Waals surface area contributed by atoms with Crippen molar-refractivity contribution in [3.63, 3.8) is 0 Å². The van der Waals surface area contributed by atoms with Crippen LogP contribution >= 0.6 is 0 Å². The Morgan fingerprint density at radius 3 is 2.53 bits per heavy atom. The maximum Gasteiger partial charge on any atom is 0.336 e. The van der Waals surface area contributed by atoms with Crippen molar-refractivity contribution in [3.8, 4) is 16.9 Å². The van der Waals surface area contributed by atoms with Gasteiger partial charge in [-0.15, -0.1) is 0 Å². The van der Waals surface area contributed by atoms with E-state index in [9.17, 15) is 15.0 Å². The minimum Gasteiger partial charge on any atom is -0.496 e. The predicted molar refractivity (Wildman–Crippen MR) is 71.3 cm³/mol. The van der Waals surface area contributed by atoms with Gasteiger partial charge in [-0.05, 0) is 23.3 Å². The second kappa shape index (κ2) is 5.54. The molecule has 0 aromatic heterocycles. The molecule has 0 saturated carbocycles. The van der Waals surface area contributed by atoms with Gasteiger partial charge in [0.05, 0.1) is 19.3 Å². The number of carboxylic acid groups (broad SMARTS) is 1. The van der Waals surface area contributed by atoms with E-state index in [0.29, 0.717) is 22.4 Å². The summed E-state index contributed by atoms with van der Waals surface area (Å²) in [6.45, 7) is -0.159. The highest BCUT2D eigenvalue weighted by atomic mass is 16.5. The van der Waals surface area contributed by atoms with Gasteiger partial charge >= 0.3 is 5.97 Å². The summed E-state index contributed by atoms with van der Waals surface area (Å²) in [5, 5.41) is 18.7. The number of ether oxygens (including phenoxy) is 1. The summed E-state index contributed by atoms with van der Waals surface area (Å²) < 4.78 is 5.25. The Bertz CT molecular complexity index is 605. The topological polar surface area (TPSA) is 66.8 Å². The molecule has 2 aromatic carbocycles. The van der Waals surface area contributed by atoms with Crippen LogP contribution < -0.4 is 4.74 Å². The van der Waals surface area contributed by atoms with Gasteiger partial charge < -0.3 is 14.9 Å². The number of rotatable bonds is 4. The lowest BCUT2D eigenvalue weighted by atomic mass is 9.94. The molecule has 0 aliphatic carbocycles. The minimum atomic E-state index is -1.03. The predicted octanol–water partition coefficient (Wildman–Crippen LogP) is 2.55. The molecule has 19 heavy (non-hydrogen) atoms. The second-order valence-corrected chi connectivity index (χ2v) is 4.00. The van der Waals surface area contributed by atoms with E-state index >= 15 is 0 Å². The largest absolute Gasteiger partial charge is 0.496 e. The molecule has 4 heteroatoms.